The van der Waals surface area contributed by atoms with Gasteiger partial charge in [0.25, 0.3) is 0 Å². The first-order chi connectivity index (χ1) is 21.1. The topological polar surface area (TPSA) is 63.6 Å². The second-order valence-corrected chi connectivity index (χ2v) is 13.1. The lowest BCUT2D eigenvalue weighted by molar-refractivity contribution is -0.149. The van der Waals surface area contributed by atoms with Crippen molar-refractivity contribution in [1.29, 1.82) is 0 Å². The molecule has 0 bridgehead atoms. The van der Waals surface area contributed by atoms with E-state index in [0.29, 0.717) is 12.8 Å². The maximum absolute atomic E-state index is 12.3. The molecule has 0 fully saturated rings. The van der Waals surface area contributed by atoms with Crippen molar-refractivity contribution in [2.45, 2.75) is 225 Å². The predicted octanol–water partition coefficient (Wildman–Crippen LogP) is 13.1. The summed E-state index contributed by atoms with van der Waals surface area (Å²) in [5, 5.41) is 8.64. The Kier molecular flexibility index (Phi) is 34.1. The lowest BCUT2D eigenvalue weighted by Gasteiger charge is -2.16. The molecule has 254 valence electrons. The highest BCUT2D eigenvalue weighted by Gasteiger charge is 2.12. The zero-order valence-electron chi connectivity index (χ0n) is 29.0. The number of carbonyl (C=O) groups excluding carboxylic acids is 1. The Bertz CT molecular complexity index is 614. The summed E-state index contributed by atoms with van der Waals surface area (Å²) < 4.78 is 5.78. The van der Waals surface area contributed by atoms with Crippen LogP contribution < -0.4 is 0 Å². The van der Waals surface area contributed by atoms with Crippen LogP contribution >= 0.6 is 0 Å². The van der Waals surface area contributed by atoms with Crippen molar-refractivity contribution in [2.24, 2.45) is 0 Å². The van der Waals surface area contributed by atoms with E-state index in [2.05, 4.69) is 26.0 Å². The minimum Gasteiger partial charge on any atom is -0.481 e. The molecule has 4 heteroatoms. The number of ether oxygens (including phenoxy) is 1. The van der Waals surface area contributed by atoms with Crippen molar-refractivity contribution < 1.29 is 19.4 Å². The van der Waals surface area contributed by atoms with Gasteiger partial charge in [-0.2, -0.15) is 0 Å². The number of aliphatic carboxylic acids is 1. The van der Waals surface area contributed by atoms with Crippen LogP contribution in [0.3, 0.4) is 0 Å². The maximum Gasteiger partial charge on any atom is 0.306 e. The molecule has 0 aromatic carbocycles. The molecule has 0 rings (SSSR count). The fourth-order valence-corrected chi connectivity index (χ4v) is 5.86. The molecule has 0 aliphatic heterocycles. The summed E-state index contributed by atoms with van der Waals surface area (Å²) in [5.41, 5.74) is 0. The third kappa shape index (κ3) is 35.0. The Hall–Kier alpha value is -1.32. The number of carboxylic acid groups (broad SMARTS) is 1. The monoisotopic (exact) mass is 607 g/mol. The van der Waals surface area contributed by atoms with Crippen molar-refractivity contribution in [1.82, 2.24) is 0 Å². The van der Waals surface area contributed by atoms with Crippen molar-refractivity contribution in [3.05, 3.63) is 12.2 Å². The number of carboxylic acids is 1. The van der Waals surface area contributed by atoms with Crippen LogP contribution in [-0.2, 0) is 14.3 Å². The molecule has 1 unspecified atom stereocenters. The molecule has 1 N–H and O–H groups in total. The summed E-state index contributed by atoms with van der Waals surface area (Å²) in [6.07, 6.45) is 43.2. The molecule has 1 atom stereocenters. The summed E-state index contributed by atoms with van der Waals surface area (Å²) in [4.78, 5) is 22.8. The second kappa shape index (κ2) is 35.2. The Morgan fingerprint density at radius 1 is 0.512 bits per heavy atom. The summed E-state index contributed by atoms with van der Waals surface area (Å²) >= 11 is 0. The van der Waals surface area contributed by atoms with Crippen LogP contribution in [0.15, 0.2) is 12.2 Å². The van der Waals surface area contributed by atoms with Gasteiger partial charge in [0.15, 0.2) is 0 Å². The molecule has 0 spiro atoms. The van der Waals surface area contributed by atoms with Gasteiger partial charge in [-0.15, -0.1) is 0 Å². The first-order valence-electron chi connectivity index (χ1n) is 19.2. The molecule has 4 nitrogen and oxygen atoms in total. The predicted molar refractivity (Wildman–Crippen MR) is 186 cm³/mol. The average molecular weight is 607 g/mol. The summed E-state index contributed by atoms with van der Waals surface area (Å²) in [7, 11) is 0. The fourth-order valence-electron chi connectivity index (χ4n) is 5.86. The van der Waals surface area contributed by atoms with Crippen molar-refractivity contribution in [3.8, 4) is 0 Å². The van der Waals surface area contributed by atoms with E-state index < -0.39 is 5.97 Å². The minimum atomic E-state index is -0.661. The Balaban J connectivity index is 3.38. The van der Waals surface area contributed by atoms with E-state index in [9.17, 15) is 9.59 Å². The second-order valence-electron chi connectivity index (χ2n) is 13.1. The van der Waals surface area contributed by atoms with Gasteiger partial charge in [0, 0.05) is 12.8 Å². The third-order valence-corrected chi connectivity index (χ3v) is 8.81. The normalized spacial score (nSPS) is 12.2. The molecule has 43 heavy (non-hydrogen) atoms. The zero-order chi connectivity index (χ0) is 31.5. The average Bonchev–Trinajstić information content (AvgIpc) is 2.99. The lowest BCUT2D eigenvalue weighted by atomic mass is 10.0. The number of esters is 1. The van der Waals surface area contributed by atoms with Crippen LogP contribution in [0.2, 0.25) is 0 Å². The van der Waals surface area contributed by atoms with Gasteiger partial charge >= 0.3 is 11.9 Å². The van der Waals surface area contributed by atoms with Gasteiger partial charge in [-0.25, -0.2) is 0 Å². The lowest BCUT2D eigenvalue weighted by Crippen LogP contribution is -2.17. The molecule has 0 heterocycles. The SMILES string of the molecule is CCCC/C=C\CCCCCCCCC(=O)OC(CC)CCCCCCCCCCCCCCCCCCCCC(=O)O. The highest BCUT2D eigenvalue weighted by molar-refractivity contribution is 5.69. The molecular formula is C39H74O4. The fraction of sp³-hybridized carbons (Fsp3) is 0.897. The smallest absolute Gasteiger partial charge is 0.306 e. The van der Waals surface area contributed by atoms with Gasteiger partial charge in [-0.3, -0.25) is 9.59 Å². The largest absolute Gasteiger partial charge is 0.481 e. The summed E-state index contributed by atoms with van der Waals surface area (Å²) in [6.45, 7) is 4.39. The van der Waals surface area contributed by atoms with Crippen LogP contribution in [0.1, 0.15) is 219 Å². The van der Waals surface area contributed by atoms with E-state index in [-0.39, 0.29) is 12.1 Å². The maximum atomic E-state index is 12.3. The number of allylic oxidation sites excluding steroid dienone is 2. The van der Waals surface area contributed by atoms with Crippen molar-refractivity contribution in [2.75, 3.05) is 0 Å². The molecule has 0 amide bonds. The Morgan fingerprint density at radius 3 is 1.30 bits per heavy atom. The summed E-state index contributed by atoms with van der Waals surface area (Å²) in [5.74, 6) is -0.641. The molecule has 0 radical (unpaired) electrons. The highest BCUT2D eigenvalue weighted by atomic mass is 16.5. The first-order valence-corrected chi connectivity index (χ1v) is 19.2. The number of carbonyl (C=O) groups is 2. The van der Waals surface area contributed by atoms with E-state index in [1.165, 1.54) is 154 Å². The number of unbranched alkanes of at least 4 members (excludes halogenated alkanes) is 25. The van der Waals surface area contributed by atoms with Gasteiger partial charge in [0.2, 0.25) is 0 Å². The van der Waals surface area contributed by atoms with Gasteiger partial charge in [0.05, 0.1) is 0 Å². The Morgan fingerprint density at radius 2 is 0.884 bits per heavy atom. The quantitative estimate of drug-likeness (QED) is 0.0443. The minimum absolute atomic E-state index is 0.0193. The van der Waals surface area contributed by atoms with Crippen LogP contribution in [0.4, 0.5) is 0 Å². The molecule has 0 aromatic rings. The molecule has 0 aliphatic carbocycles. The standard InChI is InChI=1S/C39H74O4/c1-3-5-6-7-8-9-10-21-24-27-30-33-36-39(42)43-37(4-2)34-31-28-25-22-19-17-15-13-11-12-14-16-18-20-23-26-29-32-35-38(40)41/h7-8,37H,3-6,9-36H2,1-2H3,(H,40,41)/b8-7-. The van der Waals surface area contributed by atoms with Gasteiger partial charge in [0.1, 0.15) is 6.10 Å². The summed E-state index contributed by atoms with van der Waals surface area (Å²) in [6, 6.07) is 0. The van der Waals surface area contributed by atoms with Crippen LogP contribution in [-0.4, -0.2) is 23.1 Å². The number of rotatable bonds is 35. The van der Waals surface area contributed by atoms with Crippen molar-refractivity contribution in [3.63, 3.8) is 0 Å². The van der Waals surface area contributed by atoms with E-state index in [4.69, 9.17) is 9.84 Å². The Labute approximate surface area is 268 Å². The zero-order valence-corrected chi connectivity index (χ0v) is 29.0. The molecule has 0 saturated carbocycles. The van der Waals surface area contributed by atoms with Gasteiger partial charge in [-0.05, 0) is 51.4 Å². The van der Waals surface area contributed by atoms with Gasteiger partial charge < -0.3 is 9.84 Å². The van der Waals surface area contributed by atoms with Crippen LogP contribution in [0.25, 0.3) is 0 Å². The number of hydrogen-bond acceptors (Lipinski definition) is 3. The molecule has 0 saturated heterocycles. The van der Waals surface area contributed by atoms with Crippen LogP contribution in [0, 0.1) is 0 Å². The van der Waals surface area contributed by atoms with Gasteiger partial charge in [-0.1, -0.05) is 167 Å². The molecule has 0 aliphatic rings. The first kappa shape index (κ1) is 41.7. The number of hydrogen-bond donors (Lipinski definition) is 1. The highest BCUT2D eigenvalue weighted by Crippen LogP contribution is 2.17. The third-order valence-electron chi connectivity index (χ3n) is 8.81. The van der Waals surface area contributed by atoms with E-state index in [0.717, 1.165) is 38.5 Å². The molecule has 0 aromatic heterocycles. The van der Waals surface area contributed by atoms with E-state index in [1.807, 2.05) is 0 Å². The van der Waals surface area contributed by atoms with E-state index in [1.54, 1.807) is 0 Å². The van der Waals surface area contributed by atoms with E-state index >= 15 is 0 Å². The molecular weight excluding hydrogens is 532 g/mol. The van der Waals surface area contributed by atoms with Crippen molar-refractivity contribution >= 4 is 11.9 Å². The van der Waals surface area contributed by atoms with Crippen LogP contribution in [0.5, 0.6) is 0 Å².